The van der Waals surface area contributed by atoms with Gasteiger partial charge in [-0.05, 0) is 52.0 Å². The van der Waals surface area contributed by atoms with Gasteiger partial charge in [0.2, 0.25) is 0 Å². The summed E-state index contributed by atoms with van der Waals surface area (Å²) in [7, 11) is 0. The monoisotopic (exact) mass is 480 g/mol. The van der Waals surface area contributed by atoms with Crippen molar-refractivity contribution in [1.29, 1.82) is 0 Å². The molecule has 0 amide bonds. The second kappa shape index (κ2) is 12.2. The molecule has 0 heterocycles. The summed E-state index contributed by atoms with van der Waals surface area (Å²) in [5, 5.41) is 0. The summed E-state index contributed by atoms with van der Waals surface area (Å²) in [6, 6.07) is 7.19. The quantitative estimate of drug-likeness (QED) is 0.232. The van der Waals surface area contributed by atoms with Gasteiger partial charge in [-0.1, -0.05) is 39.1 Å². The van der Waals surface area contributed by atoms with Crippen molar-refractivity contribution in [3.63, 3.8) is 0 Å². The number of hydrogen-bond acceptors (Lipinski definition) is 6. The van der Waals surface area contributed by atoms with Crippen LogP contribution < -0.4 is 18.9 Å². The van der Waals surface area contributed by atoms with Crippen LogP contribution in [-0.2, 0) is 5.41 Å². The third kappa shape index (κ3) is 5.59. The first kappa shape index (κ1) is 27.7. The summed E-state index contributed by atoms with van der Waals surface area (Å²) in [5.41, 5.74) is 1.69. The molecule has 188 valence electrons. The van der Waals surface area contributed by atoms with Crippen molar-refractivity contribution in [2.75, 3.05) is 26.4 Å². The lowest BCUT2D eigenvalue weighted by Crippen LogP contribution is -2.23. The van der Waals surface area contributed by atoms with Crippen molar-refractivity contribution >= 4 is 11.6 Å². The maximum atomic E-state index is 12.6. The van der Waals surface area contributed by atoms with Gasteiger partial charge in [-0.15, -0.1) is 0 Å². The second-order valence-corrected chi connectivity index (χ2v) is 8.13. The molecule has 2 aromatic carbocycles. The summed E-state index contributed by atoms with van der Waals surface area (Å²) in [5.74, 6) is 1.23. The molecule has 0 bridgehead atoms. The first-order valence-corrected chi connectivity index (χ1v) is 11.9. The number of benzene rings is 2. The molecule has 6 nitrogen and oxygen atoms in total. The molecule has 0 unspecified atom stereocenters. The molecule has 0 aliphatic heterocycles. The molecule has 6 heteroatoms. The molecule has 0 radical (unpaired) electrons. The molecule has 0 saturated carbocycles. The number of rotatable bonds is 14. The molecule has 0 aliphatic rings. The van der Waals surface area contributed by atoms with Crippen molar-refractivity contribution in [2.24, 2.45) is 0 Å². The third-order valence-electron chi connectivity index (χ3n) is 5.63. The molecule has 0 spiro atoms. The highest BCUT2D eigenvalue weighted by Crippen LogP contribution is 2.49. The third-order valence-corrected chi connectivity index (χ3v) is 5.63. The smallest absolute Gasteiger partial charge is 0.189 e. The van der Waals surface area contributed by atoms with E-state index in [1.54, 1.807) is 12.1 Å². The van der Waals surface area contributed by atoms with E-state index >= 15 is 0 Å². The number of allylic oxidation sites excluding steroid dienone is 2. The second-order valence-electron chi connectivity index (χ2n) is 8.13. The first-order valence-electron chi connectivity index (χ1n) is 11.9. The molecular weight excluding hydrogens is 444 g/mol. The van der Waals surface area contributed by atoms with Crippen LogP contribution in [0, 0.1) is 0 Å². The highest BCUT2D eigenvalue weighted by Gasteiger charge is 2.35. The Balaban J connectivity index is 2.91. The minimum atomic E-state index is -0.682. The molecule has 2 rings (SSSR count). The zero-order valence-corrected chi connectivity index (χ0v) is 21.7. The van der Waals surface area contributed by atoms with E-state index in [4.69, 9.17) is 18.9 Å². The highest BCUT2D eigenvalue weighted by molar-refractivity contribution is 6.07. The van der Waals surface area contributed by atoms with E-state index in [-0.39, 0.29) is 11.6 Å². The zero-order valence-electron chi connectivity index (χ0n) is 21.7. The summed E-state index contributed by atoms with van der Waals surface area (Å²) in [4.78, 5) is 25.1. The van der Waals surface area contributed by atoms with Crippen molar-refractivity contribution in [2.45, 2.75) is 47.0 Å². The normalized spacial score (nSPS) is 10.9. The Kier molecular flexibility index (Phi) is 9.69. The van der Waals surface area contributed by atoms with E-state index in [0.29, 0.717) is 60.6 Å². The van der Waals surface area contributed by atoms with Crippen LogP contribution in [0.25, 0.3) is 0 Å². The molecule has 0 fully saturated rings. The molecule has 0 saturated heterocycles. The number of hydrogen-bond donors (Lipinski definition) is 0. The predicted molar refractivity (Wildman–Crippen MR) is 139 cm³/mol. The largest absolute Gasteiger partial charge is 0.490 e. The van der Waals surface area contributed by atoms with Crippen molar-refractivity contribution in [1.82, 2.24) is 0 Å². The Morgan fingerprint density at radius 3 is 1.26 bits per heavy atom. The molecule has 35 heavy (non-hydrogen) atoms. The Bertz CT molecular complexity index is 1010. The van der Waals surface area contributed by atoms with E-state index in [0.717, 1.165) is 11.1 Å². The summed E-state index contributed by atoms with van der Waals surface area (Å²) in [6.07, 6.45) is 2.52. The summed E-state index contributed by atoms with van der Waals surface area (Å²) in [6.45, 7) is 20.2. The SMILES string of the molecule is C=CC(=O)c1ccc(C(C)(C)c2ccc(C(=O)C=C)c(OCC)c2OCC)c(OCC)c1OCC. The number of carbonyl (C=O) groups excluding carboxylic acids is 2. The fourth-order valence-electron chi connectivity index (χ4n) is 4.01. The summed E-state index contributed by atoms with van der Waals surface area (Å²) < 4.78 is 24.0. The van der Waals surface area contributed by atoms with Crippen LogP contribution in [-0.4, -0.2) is 38.0 Å². The van der Waals surface area contributed by atoms with Crippen LogP contribution in [0.3, 0.4) is 0 Å². The van der Waals surface area contributed by atoms with Gasteiger partial charge in [-0.2, -0.15) is 0 Å². The maximum absolute atomic E-state index is 12.6. The van der Waals surface area contributed by atoms with Gasteiger partial charge in [0.25, 0.3) is 0 Å². The Labute approximate surface area is 208 Å². The van der Waals surface area contributed by atoms with Gasteiger partial charge in [0.05, 0.1) is 37.6 Å². The predicted octanol–water partition coefficient (Wildman–Crippen LogP) is 6.34. The van der Waals surface area contributed by atoms with Crippen LogP contribution in [0.5, 0.6) is 23.0 Å². The highest BCUT2D eigenvalue weighted by atomic mass is 16.5. The lowest BCUT2D eigenvalue weighted by atomic mass is 9.76. The Hall–Kier alpha value is -3.54. The van der Waals surface area contributed by atoms with Crippen molar-refractivity contribution in [3.8, 4) is 23.0 Å². The van der Waals surface area contributed by atoms with Crippen LogP contribution in [0.2, 0.25) is 0 Å². The van der Waals surface area contributed by atoms with Crippen LogP contribution >= 0.6 is 0 Å². The molecule has 0 N–H and O–H groups in total. The molecule has 2 aromatic rings. The molecule has 0 atom stereocenters. The van der Waals surface area contributed by atoms with Crippen LogP contribution in [0.1, 0.15) is 73.4 Å². The molecule has 0 aromatic heterocycles. The Morgan fingerprint density at radius 2 is 0.971 bits per heavy atom. The molecular formula is C29H36O6. The average Bonchev–Trinajstić information content (AvgIpc) is 2.85. The molecule has 0 aliphatic carbocycles. The lowest BCUT2D eigenvalue weighted by Gasteiger charge is -2.32. The van der Waals surface area contributed by atoms with E-state index in [9.17, 15) is 9.59 Å². The van der Waals surface area contributed by atoms with E-state index in [1.165, 1.54) is 12.2 Å². The minimum absolute atomic E-state index is 0.250. The van der Waals surface area contributed by atoms with Gasteiger partial charge < -0.3 is 18.9 Å². The van der Waals surface area contributed by atoms with E-state index in [1.807, 2.05) is 53.7 Å². The van der Waals surface area contributed by atoms with Gasteiger partial charge in [-0.3, -0.25) is 9.59 Å². The summed E-state index contributed by atoms with van der Waals surface area (Å²) >= 11 is 0. The fourth-order valence-corrected chi connectivity index (χ4v) is 4.01. The number of ketones is 2. The van der Waals surface area contributed by atoms with Gasteiger partial charge in [0.15, 0.2) is 34.6 Å². The zero-order chi connectivity index (χ0) is 26.2. The van der Waals surface area contributed by atoms with Gasteiger partial charge >= 0.3 is 0 Å². The van der Waals surface area contributed by atoms with Gasteiger partial charge in [0.1, 0.15) is 0 Å². The fraction of sp³-hybridized carbons (Fsp3) is 0.379. The van der Waals surface area contributed by atoms with Gasteiger partial charge in [0, 0.05) is 16.5 Å². The Morgan fingerprint density at radius 1 is 0.657 bits per heavy atom. The number of ether oxygens (including phenoxy) is 4. The number of carbonyl (C=O) groups is 2. The van der Waals surface area contributed by atoms with E-state index in [2.05, 4.69) is 13.2 Å². The van der Waals surface area contributed by atoms with E-state index < -0.39 is 5.41 Å². The maximum Gasteiger partial charge on any atom is 0.189 e. The van der Waals surface area contributed by atoms with Gasteiger partial charge in [-0.25, -0.2) is 0 Å². The van der Waals surface area contributed by atoms with Crippen LogP contribution in [0.4, 0.5) is 0 Å². The van der Waals surface area contributed by atoms with Crippen molar-refractivity contribution in [3.05, 3.63) is 71.8 Å². The van der Waals surface area contributed by atoms with Crippen LogP contribution in [0.15, 0.2) is 49.6 Å². The first-order chi connectivity index (χ1) is 16.7. The lowest BCUT2D eigenvalue weighted by molar-refractivity contribution is 0.103. The topological polar surface area (TPSA) is 71.1 Å². The average molecular weight is 481 g/mol. The minimum Gasteiger partial charge on any atom is -0.490 e. The van der Waals surface area contributed by atoms with Crippen molar-refractivity contribution < 1.29 is 28.5 Å². The standard InChI is InChI=1S/C29H36O6/c1-9-23(30)19-15-17-21(27(34-13-5)25(19)32-11-3)29(7,8)22-18-16-20(24(31)10-2)26(33-12-4)28(22)35-14-6/h9-10,15-18H,1-2,11-14H2,3-8H3.